The van der Waals surface area contributed by atoms with Crippen molar-refractivity contribution >= 4 is 21.4 Å². The summed E-state index contributed by atoms with van der Waals surface area (Å²) in [7, 11) is -3.79. The minimum absolute atomic E-state index is 0.114. The Bertz CT molecular complexity index is 827. The Morgan fingerprint density at radius 1 is 1.00 bits per heavy atom. The van der Waals surface area contributed by atoms with Gasteiger partial charge in [-0.25, -0.2) is 8.42 Å². The molecule has 0 heterocycles. The van der Waals surface area contributed by atoms with Crippen LogP contribution in [0.5, 0.6) is 0 Å². The molecule has 0 atom stereocenters. The molecule has 0 unspecified atom stereocenters. The van der Waals surface area contributed by atoms with Crippen LogP contribution in [0.15, 0.2) is 41.3 Å². The minimum Gasteiger partial charge on any atom is -0.279 e. The zero-order valence-corrected chi connectivity index (χ0v) is 13.3. The number of nitrogens with zero attached hydrogens (tertiary/aromatic N) is 1. The van der Waals surface area contributed by atoms with Crippen LogP contribution < -0.4 is 4.72 Å². The third kappa shape index (κ3) is 3.09. The first-order valence-electron chi connectivity index (χ1n) is 6.56. The largest absolute Gasteiger partial charge is 0.279 e. The molecule has 1 N–H and O–H groups in total. The maximum absolute atomic E-state index is 12.4. The smallest absolute Gasteiger partial charge is 0.274 e. The van der Waals surface area contributed by atoms with E-state index in [0.717, 1.165) is 5.56 Å². The molecule has 0 bridgehead atoms. The van der Waals surface area contributed by atoms with E-state index in [1.165, 1.54) is 31.2 Å². The van der Waals surface area contributed by atoms with Crippen LogP contribution in [0.4, 0.5) is 11.4 Å². The van der Waals surface area contributed by atoms with Gasteiger partial charge < -0.3 is 0 Å². The summed E-state index contributed by atoms with van der Waals surface area (Å²) in [6.07, 6.45) is 0. The van der Waals surface area contributed by atoms with E-state index in [1.54, 1.807) is 19.1 Å². The summed E-state index contributed by atoms with van der Waals surface area (Å²) in [5.41, 5.74) is 1.99. The number of aryl methyl sites for hydroxylation is 2. The first-order valence-corrected chi connectivity index (χ1v) is 8.05. The number of rotatable bonds is 4. The van der Waals surface area contributed by atoms with Gasteiger partial charge in [-0.1, -0.05) is 23.8 Å². The molecule has 0 radical (unpaired) electrons. The van der Waals surface area contributed by atoms with Crippen molar-refractivity contribution in [3.8, 4) is 0 Å². The molecule has 0 saturated carbocycles. The Labute approximate surface area is 129 Å². The van der Waals surface area contributed by atoms with Crippen LogP contribution in [0.3, 0.4) is 0 Å². The van der Waals surface area contributed by atoms with Crippen molar-refractivity contribution in [3.05, 3.63) is 63.2 Å². The summed E-state index contributed by atoms with van der Waals surface area (Å²) in [6, 6.07) is 9.29. The van der Waals surface area contributed by atoms with Crippen molar-refractivity contribution in [1.82, 2.24) is 0 Å². The first-order chi connectivity index (χ1) is 10.2. The lowest BCUT2D eigenvalue weighted by Crippen LogP contribution is -2.15. The van der Waals surface area contributed by atoms with Crippen molar-refractivity contribution in [2.45, 2.75) is 25.7 Å². The summed E-state index contributed by atoms with van der Waals surface area (Å²) in [6.45, 7) is 5.08. The first kappa shape index (κ1) is 16.0. The number of nitro benzene ring substituents is 1. The average molecular weight is 320 g/mol. The Balaban J connectivity index is 2.48. The van der Waals surface area contributed by atoms with E-state index in [1.807, 2.05) is 6.92 Å². The van der Waals surface area contributed by atoms with Crippen molar-refractivity contribution < 1.29 is 13.3 Å². The van der Waals surface area contributed by atoms with Gasteiger partial charge in [-0.3, -0.25) is 14.8 Å². The third-order valence-electron chi connectivity index (χ3n) is 3.41. The Morgan fingerprint density at radius 3 is 2.14 bits per heavy atom. The molecule has 7 heteroatoms. The van der Waals surface area contributed by atoms with E-state index in [2.05, 4.69) is 4.72 Å². The molecule has 2 rings (SSSR count). The van der Waals surface area contributed by atoms with Crippen LogP contribution >= 0.6 is 0 Å². The van der Waals surface area contributed by atoms with Crippen molar-refractivity contribution in [2.75, 3.05) is 4.72 Å². The van der Waals surface area contributed by atoms with Crippen LogP contribution in [-0.4, -0.2) is 13.3 Å². The molecule has 0 aliphatic carbocycles. The average Bonchev–Trinajstić information content (AvgIpc) is 2.43. The van der Waals surface area contributed by atoms with Crippen molar-refractivity contribution in [1.29, 1.82) is 0 Å². The summed E-state index contributed by atoms with van der Waals surface area (Å²) in [4.78, 5) is 10.6. The number of anilines is 1. The van der Waals surface area contributed by atoms with Gasteiger partial charge in [0.1, 0.15) is 0 Å². The van der Waals surface area contributed by atoms with Gasteiger partial charge in [0.05, 0.1) is 21.1 Å². The lowest BCUT2D eigenvalue weighted by atomic mass is 10.1. The summed E-state index contributed by atoms with van der Waals surface area (Å²) in [5, 5.41) is 11.0. The molecule has 0 saturated heterocycles. The quantitative estimate of drug-likeness (QED) is 0.691. The molecule has 6 nitrogen and oxygen atoms in total. The number of sulfonamides is 1. The van der Waals surface area contributed by atoms with Crippen molar-refractivity contribution in [3.63, 3.8) is 0 Å². The lowest BCUT2D eigenvalue weighted by molar-refractivity contribution is -0.385. The predicted octanol–water partition coefficient (Wildman–Crippen LogP) is 3.32. The van der Waals surface area contributed by atoms with Gasteiger partial charge >= 0.3 is 0 Å². The number of nitrogens with one attached hydrogen (secondary N) is 1. The standard InChI is InChI=1S/C15H16N2O4S/c1-10-4-7-13(8-5-10)22(20,21)16-15-11(2)6-9-14(12(15)3)17(18)19/h4-9,16H,1-3H3. The highest BCUT2D eigenvalue weighted by Crippen LogP contribution is 2.30. The zero-order chi connectivity index (χ0) is 16.5. The van der Waals surface area contributed by atoms with Crippen LogP contribution in [-0.2, 0) is 10.0 Å². The highest BCUT2D eigenvalue weighted by atomic mass is 32.2. The molecule has 0 aliphatic rings. The molecule has 0 aromatic heterocycles. The fraction of sp³-hybridized carbons (Fsp3) is 0.200. The molecule has 2 aromatic carbocycles. The second kappa shape index (κ2) is 5.76. The zero-order valence-electron chi connectivity index (χ0n) is 12.5. The number of benzene rings is 2. The molecule has 0 aliphatic heterocycles. The van der Waals surface area contributed by atoms with E-state index < -0.39 is 14.9 Å². The molecular weight excluding hydrogens is 304 g/mol. The number of nitro groups is 1. The Hall–Kier alpha value is -2.41. The SMILES string of the molecule is Cc1ccc(S(=O)(=O)Nc2c(C)ccc([N+](=O)[O-])c2C)cc1. The molecule has 0 amide bonds. The predicted molar refractivity (Wildman–Crippen MR) is 84.6 cm³/mol. The van der Waals surface area contributed by atoms with Crippen LogP contribution in [0.2, 0.25) is 0 Å². The summed E-state index contributed by atoms with van der Waals surface area (Å²) in [5.74, 6) is 0. The normalized spacial score (nSPS) is 11.2. The summed E-state index contributed by atoms with van der Waals surface area (Å²) < 4.78 is 27.3. The van der Waals surface area contributed by atoms with Crippen LogP contribution in [0.25, 0.3) is 0 Å². The van der Waals surface area contributed by atoms with Crippen LogP contribution in [0.1, 0.15) is 16.7 Å². The Kier molecular flexibility index (Phi) is 4.18. The van der Waals surface area contributed by atoms with Gasteiger partial charge in [0.25, 0.3) is 15.7 Å². The molecule has 116 valence electrons. The lowest BCUT2D eigenvalue weighted by Gasteiger charge is -2.13. The van der Waals surface area contributed by atoms with E-state index in [0.29, 0.717) is 11.1 Å². The van der Waals surface area contributed by atoms with E-state index in [9.17, 15) is 18.5 Å². The maximum atomic E-state index is 12.4. The van der Waals surface area contributed by atoms with Gasteiger partial charge in [-0.2, -0.15) is 0 Å². The van der Waals surface area contributed by atoms with E-state index in [-0.39, 0.29) is 16.3 Å². The number of hydrogen-bond acceptors (Lipinski definition) is 4. The second-order valence-electron chi connectivity index (χ2n) is 5.08. The molecular formula is C15H16N2O4S. The minimum atomic E-state index is -3.79. The fourth-order valence-corrected chi connectivity index (χ4v) is 3.30. The highest BCUT2D eigenvalue weighted by molar-refractivity contribution is 7.92. The maximum Gasteiger partial charge on any atom is 0.274 e. The fourth-order valence-electron chi connectivity index (χ4n) is 2.10. The second-order valence-corrected chi connectivity index (χ2v) is 6.76. The summed E-state index contributed by atoms with van der Waals surface area (Å²) >= 11 is 0. The van der Waals surface area contributed by atoms with Gasteiger partial charge in [-0.15, -0.1) is 0 Å². The van der Waals surface area contributed by atoms with Crippen molar-refractivity contribution in [2.24, 2.45) is 0 Å². The number of hydrogen-bond donors (Lipinski definition) is 1. The molecule has 2 aromatic rings. The van der Waals surface area contributed by atoms with E-state index >= 15 is 0 Å². The van der Waals surface area contributed by atoms with Gasteiger partial charge in [-0.05, 0) is 38.5 Å². The monoisotopic (exact) mass is 320 g/mol. The molecule has 0 spiro atoms. The van der Waals surface area contributed by atoms with Gasteiger partial charge in [0.2, 0.25) is 0 Å². The topological polar surface area (TPSA) is 89.3 Å². The molecule has 0 fully saturated rings. The van der Waals surface area contributed by atoms with Gasteiger partial charge in [0.15, 0.2) is 0 Å². The third-order valence-corrected chi connectivity index (χ3v) is 4.77. The van der Waals surface area contributed by atoms with Crippen LogP contribution in [0, 0.1) is 30.9 Å². The molecule has 22 heavy (non-hydrogen) atoms. The Morgan fingerprint density at radius 2 is 1.59 bits per heavy atom. The van der Waals surface area contributed by atoms with E-state index in [4.69, 9.17) is 0 Å². The highest BCUT2D eigenvalue weighted by Gasteiger charge is 2.21. The van der Waals surface area contributed by atoms with Gasteiger partial charge in [0, 0.05) is 6.07 Å².